The highest BCUT2D eigenvalue weighted by molar-refractivity contribution is 7.99. The van der Waals surface area contributed by atoms with Crippen LogP contribution in [-0.2, 0) is 20.8 Å². The van der Waals surface area contributed by atoms with Crippen LogP contribution in [-0.4, -0.2) is 40.6 Å². The van der Waals surface area contributed by atoms with E-state index in [0.717, 1.165) is 0 Å². The minimum absolute atomic E-state index is 0.104. The molecule has 0 aliphatic carbocycles. The Morgan fingerprint density at radius 1 is 1.19 bits per heavy atom. The van der Waals surface area contributed by atoms with Gasteiger partial charge in [-0.3, -0.25) is 14.2 Å². The van der Waals surface area contributed by atoms with Crippen LogP contribution in [0.3, 0.4) is 0 Å². The first kappa shape index (κ1) is 21.6. The van der Waals surface area contributed by atoms with Gasteiger partial charge in [0.2, 0.25) is 0 Å². The summed E-state index contributed by atoms with van der Waals surface area (Å²) in [6, 6.07) is 7.22. The molecule has 0 atom stereocenters. The zero-order valence-corrected chi connectivity index (χ0v) is 17.5. The van der Waals surface area contributed by atoms with E-state index in [4.69, 9.17) is 9.47 Å². The molecule has 0 aliphatic heterocycles. The fourth-order valence-corrected chi connectivity index (χ4v) is 3.61. The third-order valence-electron chi connectivity index (χ3n) is 4.03. The van der Waals surface area contributed by atoms with Gasteiger partial charge in [0.25, 0.3) is 5.56 Å². The fourth-order valence-electron chi connectivity index (χ4n) is 2.44. The lowest BCUT2D eigenvalue weighted by atomic mass is 9.92. The van der Waals surface area contributed by atoms with E-state index in [1.165, 1.54) is 11.8 Å². The summed E-state index contributed by atoms with van der Waals surface area (Å²) in [6.07, 6.45) is -0.543. The lowest BCUT2D eigenvalue weighted by Crippen LogP contribution is -2.32. The Morgan fingerprint density at radius 3 is 2.41 bits per heavy atom. The molecule has 0 unspecified atom stereocenters. The quantitative estimate of drug-likeness (QED) is 0.369. The number of aromatic nitrogens is 2. The molecular formula is C20H28N2O4S. The van der Waals surface area contributed by atoms with Crippen molar-refractivity contribution in [2.45, 2.75) is 52.6 Å². The van der Waals surface area contributed by atoms with Crippen LogP contribution < -0.4 is 5.56 Å². The molecule has 0 N–H and O–H groups in total. The molecule has 1 aromatic heterocycles. The van der Waals surface area contributed by atoms with Gasteiger partial charge in [0.1, 0.15) is 5.78 Å². The molecule has 0 saturated heterocycles. The molecule has 0 fully saturated rings. The van der Waals surface area contributed by atoms with Crippen molar-refractivity contribution in [3.05, 3.63) is 34.6 Å². The van der Waals surface area contributed by atoms with Gasteiger partial charge in [-0.2, -0.15) is 0 Å². The van der Waals surface area contributed by atoms with Gasteiger partial charge in [0.15, 0.2) is 11.4 Å². The number of carbonyl (C=O) groups excluding carboxylic acids is 1. The van der Waals surface area contributed by atoms with Crippen LogP contribution in [0, 0.1) is 5.41 Å². The number of para-hydroxylation sites is 1. The van der Waals surface area contributed by atoms with Gasteiger partial charge in [-0.15, -0.1) is 0 Å². The second kappa shape index (κ2) is 9.48. The fraction of sp³-hybridized carbons (Fsp3) is 0.550. The van der Waals surface area contributed by atoms with Crippen molar-refractivity contribution in [3.8, 4) is 0 Å². The van der Waals surface area contributed by atoms with E-state index in [2.05, 4.69) is 4.98 Å². The maximum Gasteiger partial charge on any atom is 0.262 e. The van der Waals surface area contributed by atoms with E-state index in [1.54, 1.807) is 16.7 Å². The summed E-state index contributed by atoms with van der Waals surface area (Å²) in [5.41, 5.74) is 0.0262. The van der Waals surface area contributed by atoms with Crippen LogP contribution in [0.15, 0.2) is 34.2 Å². The smallest absolute Gasteiger partial charge is 0.262 e. The number of hydrogen-bond donors (Lipinski definition) is 0. The van der Waals surface area contributed by atoms with Crippen molar-refractivity contribution < 1.29 is 14.3 Å². The molecule has 0 radical (unpaired) electrons. The number of thioether (sulfide) groups is 1. The Labute approximate surface area is 164 Å². The van der Waals surface area contributed by atoms with E-state index in [1.807, 2.05) is 46.8 Å². The zero-order chi connectivity index (χ0) is 20.0. The van der Waals surface area contributed by atoms with Gasteiger partial charge in [-0.25, -0.2) is 4.98 Å². The molecule has 1 heterocycles. The third kappa shape index (κ3) is 5.64. The molecule has 2 rings (SSSR count). The standard InChI is InChI=1S/C20H28N2O4S/c1-6-25-17(26-7-2)12-22-18(24)14-10-8-9-11-15(14)21-19(22)27-13-16(23)20(3,4)5/h8-11,17H,6-7,12-13H2,1-5H3. The number of hydrogen-bond acceptors (Lipinski definition) is 6. The van der Waals surface area contributed by atoms with Crippen molar-refractivity contribution in [2.75, 3.05) is 19.0 Å². The maximum absolute atomic E-state index is 13.0. The normalized spacial score (nSPS) is 12.1. The van der Waals surface area contributed by atoms with E-state index in [9.17, 15) is 9.59 Å². The zero-order valence-electron chi connectivity index (χ0n) is 16.7. The highest BCUT2D eigenvalue weighted by Gasteiger charge is 2.23. The van der Waals surface area contributed by atoms with E-state index < -0.39 is 11.7 Å². The van der Waals surface area contributed by atoms with Crippen molar-refractivity contribution in [1.29, 1.82) is 0 Å². The van der Waals surface area contributed by atoms with Crippen molar-refractivity contribution in [2.24, 2.45) is 5.41 Å². The van der Waals surface area contributed by atoms with Gasteiger partial charge in [0.05, 0.1) is 23.2 Å². The Hall–Kier alpha value is -1.70. The van der Waals surface area contributed by atoms with Gasteiger partial charge < -0.3 is 9.47 Å². The highest BCUT2D eigenvalue weighted by atomic mass is 32.2. The molecule has 0 amide bonds. The summed E-state index contributed by atoms with van der Waals surface area (Å²) < 4.78 is 12.8. The molecule has 0 saturated carbocycles. The number of benzene rings is 1. The van der Waals surface area contributed by atoms with Crippen LogP contribution in [0.25, 0.3) is 10.9 Å². The van der Waals surface area contributed by atoms with Crippen LogP contribution in [0.1, 0.15) is 34.6 Å². The highest BCUT2D eigenvalue weighted by Crippen LogP contribution is 2.23. The van der Waals surface area contributed by atoms with Gasteiger partial charge in [0, 0.05) is 18.6 Å². The SMILES string of the molecule is CCOC(Cn1c(SCC(=O)C(C)(C)C)nc2ccccc2c1=O)OCC. The summed E-state index contributed by atoms with van der Waals surface area (Å²) in [6.45, 7) is 10.6. The van der Waals surface area contributed by atoms with Crippen LogP contribution in [0.5, 0.6) is 0 Å². The van der Waals surface area contributed by atoms with Crippen LogP contribution >= 0.6 is 11.8 Å². The Morgan fingerprint density at radius 2 is 1.81 bits per heavy atom. The summed E-state index contributed by atoms with van der Waals surface area (Å²) in [5, 5.41) is 1.04. The number of Topliss-reactive ketones (excluding diaryl/α,β-unsaturated/α-hetero) is 1. The number of nitrogens with zero attached hydrogens (tertiary/aromatic N) is 2. The van der Waals surface area contributed by atoms with Crippen molar-refractivity contribution >= 4 is 28.4 Å². The molecule has 0 aliphatic rings. The van der Waals surface area contributed by atoms with Crippen molar-refractivity contribution in [3.63, 3.8) is 0 Å². The molecule has 6 nitrogen and oxygen atoms in total. The summed E-state index contributed by atoms with van der Waals surface area (Å²) in [4.78, 5) is 30.0. The molecular weight excluding hydrogens is 364 g/mol. The van der Waals surface area contributed by atoms with E-state index in [0.29, 0.717) is 29.3 Å². The number of carbonyl (C=O) groups is 1. The summed E-state index contributed by atoms with van der Waals surface area (Å²) >= 11 is 1.28. The second-order valence-electron chi connectivity index (χ2n) is 7.13. The average molecular weight is 393 g/mol. The van der Waals surface area contributed by atoms with Gasteiger partial charge >= 0.3 is 0 Å². The predicted octanol–water partition coefficient (Wildman–Crippen LogP) is 3.50. The summed E-state index contributed by atoms with van der Waals surface area (Å²) in [5.74, 6) is 0.356. The second-order valence-corrected chi connectivity index (χ2v) is 8.07. The van der Waals surface area contributed by atoms with Gasteiger partial charge in [-0.05, 0) is 26.0 Å². The Bertz CT molecular complexity index is 836. The minimum atomic E-state index is -0.543. The predicted molar refractivity (Wildman–Crippen MR) is 108 cm³/mol. The first-order valence-corrected chi connectivity index (χ1v) is 10.1. The topological polar surface area (TPSA) is 70.4 Å². The lowest BCUT2D eigenvalue weighted by Gasteiger charge is -2.21. The summed E-state index contributed by atoms with van der Waals surface area (Å²) in [7, 11) is 0. The number of fused-ring (bicyclic) bond motifs is 1. The molecule has 0 bridgehead atoms. The lowest BCUT2D eigenvalue weighted by molar-refractivity contribution is -0.144. The van der Waals surface area contributed by atoms with E-state index in [-0.39, 0.29) is 23.6 Å². The van der Waals surface area contributed by atoms with Crippen LogP contribution in [0.2, 0.25) is 0 Å². The number of rotatable bonds is 9. The Balaban J connectivity index is 2.43. The third-order valence-corrected chi connectivity index (χ3v) is 5.01. The van der Waals surface area contributed by atoms with Gasteiger partial charge in [-0.1, -0.05) is 44.7 Å². The molecule has 0 spiro atoms. The molecule has 7 heteroatoms. The molecule has 2 aromatic rings. The first-order chi connectivity index (χ1) is 12.8. The number of ketones is 1. The number of ether oxygens (including phenoxy) is 2. The minimum Gasteiger partial charge on any atom is -0.351 e. The molecule has 27 heavy (non-hydrogen) atoms. The molecule has 148 valence electrons. The first-order valence-electron chi connectivity index (χ1n) is 9.16. The monoisotopic (exact) mass is 392 g/mol. The average Bonchev–Trinajstić information content (AvgIpc) is 2.62. The van der Waals surface area contributed by atoms with E-state index >= 15 is 0 Å². The molecule has 1 aromatic carbocycles. The van der Waals surface area contributed by atoms with Crippen molar-refractivity contribution in [1.82, 2.24) is 9.55 Å². The maximum atomic E-state index is 13.0. The largest absolute Gasteiger partial charge is 0.351 e. The van der Waals surface area contributed by atoms with Crippen LogP contribution in [0.4, 0.5) is 0 Å². The Kier molecular flexibility index (Phi) is 7.59.